The average Bonchev–Trinajstić information content (AvgIpc) is 2.13. The van der Waals surface area contributed by atoms with Gasteiger partial charge >= 0.3 is 12.0 Å². The van der Waals surface area contributed by atoms with Crippen molar-refractivity contribution in [2.45, 2.75) is 33.2 Å². The van der Waals surface area contributed by atoms with Gasteiger partial charge in [0.15, 0.2) is 0 Å². The third kappa shape index (κ3) is 3.37. The molecule has 0 unspecified atom stereocenters. The van der Waals surface area contributed by atoms with Gasteiger partial charge in [0.2, 0.25) is 0 Å². The summed E-state index contributed by atoms with van der Waals surface area (Å²) < 4.78 is 0. The Balaban J connectivity index is 4.56. The van der Waals surface area contributed by atoms with Crippen LogP contribution in [0.3, 0.4) is 0 Å². The van der Waals surface area contributed by atoms with E-state index in [1.165, 1.54) is 0 Å². The molecule has 0 spiro atoms. The molecule has 0 fully saturated rings. The van der Waals surface area contributed by atoms with E-state index in [9.17, 15) is 9.59 Å². The van der Waals surface area contributed by atoms with Gasteiger partial charge in [-0.2, -0.15) is 0 Å². The van der Waals surface area contributed by atoms with Crippen molar-refractivity contribution < 1.29 is 14.7 Å². The van der Waals surface area contributed by atoms with Crippen LogP contribution in [-0.4, -0.2) is 35.7 Å². The van der Waals surface area contributed by atoms with Gasteiger partial charge in [-0.25, -0.2) is 4.79 Å². The number of hydrogen-bond donors (Lipinski definition) is 4. The third-order valence-corrected chi connectivity index (χ3v) is 2.95. The molecule has 0 saturated heterocycles. The van der Waals surface area contributed by atoms with Gasteiger partial charge in [-0.15, -0.1) is 0 Å². The van der Waals surface area contributed by atoms with Crippen molar-refractivity contribution in [3.63, 3.8) is 0 Å². The first kappa shape index (κ1) is 14.7. The zero-order valence-corrected chi connectivity index (χ0v) is 10.3. The van der Waals surface area contributed by atoms with Gasteiger partial charge in [0.05, 0.1) is 11.0 Å². The average molecular weight is 231 g/mol. The number of nitrogens with one attached hydrogen (secondary N) is 2. The number of nitrogens with two attached hydrogens (primary N) is 1. The van der Waals surface area contributed by atoms with Crippen molar-refractivity contribution in [2.75, 3.05) is 13.1 Å². The van der Waals surface area contributed by atoms with E-state index in [2.05, 4.69) is 10.6 Å². The van der Waals surface area contributed by atoms with Crippen molar-refractivity contribution in [1.29, 1.82) is 0 Å². The second kappa shape index (κ2) is 5.16. The smallest absolute Gasteiger partial charge is 0.315 e. The van der Waals surface area contributed by atoms with E-state index in [0.29, 0.717) is 13.1 Å². The summed E-state index contributed by atoms with van der Waals surface area (Å²) in [6.45, 7) is 7.18. The van der Waals surface area contributed by atoms with E-state index < -0.39 is 23.0 Å². The second-order valence-corrected chi connectivity index (χ2v) is 4.72. The van der Waals surface area contributed by atoms with Crippen LogP contribution in [0.4, 0.5) is 4.79 Å². The maximum atomic E-state index is 11.4. The lowest BCUT2D eigenvalue weighted by molar-refractivity contribution is -0.150. The fourth-order valence-electron chi connectivity index (χ4n) is 0.937. The van der Waals surface area contributed by atoms with Crippen LogP contribution in [0.2, 0.25) is 0 Å². The first-order valence-corrected chi connectivity index (χ1v) is 5.14. The molecule has 2 amide bonds. The van der Waals surface area contributed by atoms with Gasteiger partial charge in [-0.3, -0.25) is 4.79 Å². The van der Waals surface area contributed by atoms with Crippen LogP contribution in [0, 0.1) is 5.41 Å². The molecule has 6 nitrogen and oxygen atoms in total. The lowest BCUT2D eigenvalue weighted by Crippen LogP contribution is -2.59. The normalized spacial score (nSPS) is 12.1. The first-order chi connectivity index (χ1) is 7.15. The molecule has 0 aliphatic rings. The topological polar surface area (TPSA) is 104 Å². The van der Waals surface area contributed by atoms with Gasteiger partial charge in [0.25, 0.3) is 0 Å². The van der Waals surface area contributed by atoms with Crippen LogP contribution in [0.1, 0.15) is 27.7 Å². The Morgan fingerprint density at radius 1 is 1.25 bits per heavy atom. The summed E-state index contributed by atoms with van der Waals surface area (Å²) >= 11 is 0. The van der Waals surface area contributed by atoms with E-state index in [-0.39, 0.29) is 0 Å². The largest absolute Gasteiger partial charge is 0.481 e. The zero-order chi connectivity index (χ0) is 13.0. The summed E-state index contributed by atoms with van der Waals surface area (Å²) in [4.78, 5) is 22.5. The summed E-state index contributed by atoms with van der Waals surface area (Å²) in [6, 6.07) is -0.412. The number of urea groups is 1. The Kier molecular flexibility index (Phi) is 4.74. The molecule has 0 aromatic heterocycles. The third-order valence-electron chi connectivity index (χ3n) is 2.95. The van der Waals surface area contributed by atoms with E-state index in [1.807, 2.05) is 0 Å². The molecular weight excluding hydrogens is 210 g/mol. The molecule has 0 bridgehead atoms. The van der Waals surface area contributed by atoms with Crippen molar-refractivity contribution in [1.82, 2.24) is 10.6 Å². The minimum atomic E-state index is -1.06. The summed E-state index contributed by atoms with van der Waals surface area (Å²) in [5, 5.41) is 14.2. The fourth-order valence-corrected chi connectivity index (χ4v) is 0.937. The fraction of sp³-hybridized carbons (Fsp3) is 0.800. The van der Waals surface area contributed by atoms with Gasteiger partial charge in [-0.05, 0) is 27.7 Å². The zero-order valence-electron chi connectivity index (χ0n) is 10.3. The number of aliphatic carboxylic acids is 1. The van der Waals surface area contributed by atoms with Crippen LogP contribution in [-0.2, 0) is 4.79 Å². The van der Waals surface area contributed by atoms with Gasteiger partial charge in [-0.1, -0.05) is 0 Å². The number of carbonyl (C=O) groups excluding carboxylic acids is 1. The molecule has 5 N–H and O–H groups in total. The summed E-state index contributed by atoms with van der Waals surface area (Å²) in [7, 11) is 0. The first-order valence-electron chi connectivity index (χ1n) is 5.14. The van der Waals surface area contributed by atoms with Crippen LogP contribution >= 0.6 is 0 Å². The number of carboxylic acids is 1. The minimum absolute atomic E-state index is 0.343. The predicted molar refractivity (Wildman–Crippen MR) is 61.1 cm³/mol. The SMILES string of the molecule is CC(C)(NC(=O)NCCN)C(C)(C)C(=O)O. The predicted octanol–water partition coefficient (Wildman–Crippen LogP) is 0.134. The molecule has 0 radical (unpaired) electrons. The van der Waals surface area contributed by atoms with Crippen LogP contribution in [0.15, 0.2) is 0 Å². The molecule has 0 rings (SSSR count). The van der Waals surface area contributed by atoms with Crippen LogP contribution in [0.25, 0.3) is 0 Å². The number of rotatable bonds is 5. The van der Waals surface area contributed by atoms with Gasteiger partial charge < -0.3 is 21.5 Å². The number of carboxylic acid groups (broad SMARTS) is 1. The van der Waals surface area contributed by atoms with Crippen molar-refractivity contribution in [3.8, 4) is 0 Å². The molecule has 0 aliphatic carbocycles. The summed E-state index contributed by atoms with van der Waals surface area (Å²) in [5.41, 5.74) is 3.31. The highest BCUT2D eigenvalue weighted by Gasteiger charge is 2.44. The molecule has 0 saturated carbocycles. The maximum absolute atomic E-state index is 11.4. The van der Waals surface area contributed by atoms with E-state index in [4.69, 9.17) is 10.8 Å². The Bertz CT molecular complexity index is 274. The minimum Gasteiger partial charge on any atom is -0.481 e. The molecule has 0 aromatic rings. The number of amides is 2. The molecule has 16 heavy (non-hydrogen) atoms. The number of carbonyl (C=O) groups is 2. The monoisotopic (exact) mass is 231 g/mol. The number of hydrogen-bond acceptors (Lipinski definition) is 3. The second-order valence-electron chi connectivity index (χ2n) is 4.72. The van der Waals surface area contributed by atoms with Crippen molar-refractivity contribution in [3.05, 3.63) is 0 Å². The molecule has 0 aliphatic heterocycles. The van der Waals surface area contributed by atoms with E-state index in [0.717, 1.165) is 0 Å². The van der Waals surface area contributed by atoms with E-state index in [1.54, 1.807) is 27.7 Å². The van der Waals surface area contributed by atoms with E-state index >= 15 is 0 Å². The molecule has 0 aromatic carbocycles. The van der Waals surface area contributed by atoms with Crippen LogP contribution in [0.5, 0.6) is 0 Å². The van der Waals surface area contributed by atoms with Crippen LogP contribution < -0.4 is 16.4 Å². The Morgan fingerprint density at radius 2 is 1.75 bits per heavy atom. The standard InChI is InChI=1S/C10H21N3O3/c1-9(2,7(14)15)10(3,4)13-8(16)12-6-5-11/h5-6,11H2,1-4H3,(H,14,15)(H2,12,13,16). The van der Waals surface area contributed by atoms with Crippen molar-refractivity contribution >= 4 is 12.0 Å². The molecule has 6 heteroatoms. The highest BCUT2D eigenvalue weighted by Crippen LogP contribution is 2.30. The Morgan fingerprint density at radius 3 is 2.12 bits per heavy atom. The summed E-state index contributed by atoms with van der Waals surface area (Å²) in [6.07, 6.45) is 0. The highest BCUT2D eigenvalue weighted by atomic mass is 16.4. The lowest BCUT2D eigenvalue weighted by Gasteiger charge is -2.38. The van der Waals surface area contributed by atoms with Crippen molar-refractivity contribution in [2.24, 2.45) is 11.1 Å². The molecule has 0 heterocycles. The Hall–Kier alpha value is -1.30. The van der Waals surface area contributed by atoms with Gasteiger partial charge in [0.1, 0.15) is 0 Å². The quantitative estimate of drug-likeness (QED) is 0.540. The molecule has 0 atom stereocenters. The summed E-state index contributed by atoms with van der Waals surface area (Å²) in [5.74, 6) is -0.961. The van der Waals surface area contributed by atoms with Gasteiger partial charge in [0, 0.05) is 13.1 Å². The maximum Gasteiger partial charge on any atom is 0.315 e. The highest BCUT2D eigenvalue weighted by molar-refractivity contribution is 5.79. The molecule has 94 valence electrons. The lowest BCUT2D eigenvalue weighted by atomic mass is 9.74. The molecular formula is C10H21N3O3. The Labute approximate surface area is 95.6 Å².